The summed E-state index contributed by atoms with van der Waals surface area (Å²) in [5.41, 5.74) is 5.04. The van der Waals surface area contributed by atoms with Gasteiger partial charge in [0.2, 0.25) is 0 Å². The summed E-state index contributed by atoms with van der Waals surface area (Å²) in [5.74, 6) is -0.312. The van der Waals surface area contributed by atoms with Crippen molar-refractivity contribution in [2.24, 2.45) is 0 Å². The number of pyridine rings is 1. The van der Waals surface area contributed by atoms with E-state index in [0.29, 0.717) is 23.5 Å². The molecule has 8 nitrogen and oxygen atoms in total. The summed E-state index contributed by atoms with van der Waals surface area (Å²) in [6, 6.07) is 14.9. The second kappa shape index (κ2) is 10.9. The molecule has 2 aromatic heterocycles. The molecule has 4 N–H and O–H groups in total. The topological polar surface area (TPSA) is 112 Å². The van der Waals surface area contributed by atoms with Gasteiger partial charge in [-0.25, -0.2) is 14.4 Å². The van der Waals surface area contributed by atoms with Crippen LogP contribution in [0.1, 0.15) is 45.7 Å². The number of anilines is 2. The predicted molar refractivity (Wildman–Crippen MR) is 146 cm³/mol. The molecule has 190 valence electrons. The van der Waals surface area contributed by atoms with Gasteiger partial charge in [0.05, 0.1) is 35.4 Å². The number of aromatic amines is 1. The van der Waals surface area contributed by atoms with Gasteiger partial charge in [-0.05, 0) is 54.5 Å². The van der Waals surface area contributed by atoms with Gasteiger partial charge in [0.25, 0.3) is 11.8 Å². The van der Waals surface area contributed by atoms with Crippen molar-refractivity contribution in [2.75, 3.05) is 17.2 Å². The Bertz CT molecular complexity index is 1530. The molecule has 38 heavy (non-hydrogen) atoms. The predicted octanol–water partition coefficient (Wildman–Crippen LogP) is 5.05. The molecule has 5 rings (SSSR count). The summed E-state index contributed by atoms with van der Waals surface area (Å²) in [4.78, 5) is 36.6. The van der Waals surface area contributed by atoms with Crippen molar-refractivity contribution in [1.82, 2.24) is 20.3 Å². The Morgan fingerprint density at radius 1 is 1.16 bits per heavy atom. The van der Waals surface area contributed by atoms with E-state index in [9.17, 15) is 14.0 Å². The highest BCUT2D eigenvalue weighted by molar-refractivity contribution is 6.34. The van der Waals surface area contributed by atoms with Crippen LogP contribution < -0.4 is 16.0 Å². The molecule has 0 fully saturated rings. The Balaban J connectivity index is 1.22. The Hall–Kier alpha value is -5.05. The van der Waals surface area contributed by atoms with E-state index in [2.05, 4.69) is 30.9 Å². The van der Waals surface area contributed by atoms with Crippen LogP contribution in [0.2, 0.25) is 0 Å². The number of carbonyl (C=O) groups is 2. The smallest absolute Gasteiger partial charge is 0.256 e. The van der Waals surface area contributed by atoms with E-state index in [1.54, 1.807) is 49.1 Å². The first kappa shape index (κ1) is 24.6. The number of nitrogens with zero attached hydrogens (tertiary/aromatic N) is 2. The lowest BCUT2D eigenvalue weighted by atomic mass is 10.0. The first-order chi connectivity index (χ1) is 18.5. The molecule has 0 saturated heterocycles. The summed E-state index contributed by atoms with van der Waals surface area (Å²) in [7, 11) is 0. The fraction of sp³-hybridized carbons (Fsp3) is 0.103. The number of nitrogens with one attached hydrogen (secondary N) is 4. The number of fused-ring (bicyclic) bond motifs is 1. The lowest BCUT2D eigenvalue weighted by Gasteiger charge is -2.16. The number of benzene rings is 2. The number of imidazole rings is 1. The van der Waals surface area contributed by atoms with Crippen LogP contribution in [0.15, 0.2) is 79.4 Å². The van der Waals surface area contributed by atoms with Crippen molar-refractivity contribution in [3.63, 3.8) is 0 Å². The van der Waals surface area contributed by atoms with Crippen LogP contribution in [-0.2, 0) is 4.79 Å². The van der Waals surface area contributed by atoms with Crippen LogP contribution in [0.3, 0.4) is 0 Å². The molecule has 0 saturated carbocycles. The molecule has 2 aromatic carbocycles. The van der Waals surface area contributed by atoms with E-state index in [0.717, 1.165) is 28.1 Å². The van der Waals surface area contributed by atoms with Gasteiger partial charge in [-0.3, -0.25) is 9.59 Å². The number of hydrogen-bond donors (Lipinski definition) is 4. The minimum absolute atomic E-state index is 0.160. The molecule has 0 bridgehead atoms. The number of aromatic nitrogens is 3. The Labute approximate surface area is 218 Å². The van der Waals surface area contributed by atoms with Gasteiger partial charge in [0, 0.05) is 24.0 Å². The van der Waals surface area contributed by atoms with Crippen LogP contribution in [0.5, 0.6) is 0 Å². The zero-order chi connectivity index (χ0) is 26.5. The normalized spacial score (nSPS) is 14.4. The number of carbonyl (C=O) groups excluding carboxylic acids is 2. The maximum atomic E-state index is 13.2. The largest absolute Gasteiger partial charge is 0.366 e. The summed E-state index contributed by atoms with van der Waals surface area (Å²) in [5, 5.41) is 9.01. The van der Waals surface area contributed by atoms with Gasteiger partial charge >= 0.3 is 0 Å². The molecule has 9 heteroatoms. The lowest BCUT2D eigenvalue weighted by molar-refractivity contribution is -0.110. The average Bonchev–Trinajstić information content (AvgIpc) is 3.54. The quantitative estimate of drug-likeness (QED) is 0.249. The Kier molecular flexibility index (Phi) is 7.08. The maximum absolute atomic E-state index is 13.2. The highest BCUT2D eigenvalue weighted by Crippen LogP contribution is 2.33. The third-order valence-corrected chi connectivity index (χ3v) is 6.11. The van der Waals surface area contributed by atoms with Crippen LogP contribution >= 0.6 is 0 Å². The molecular formula is C29H25FN6O2. The van der Waals surface area contributed by atoms with Gasteiger partial charge in [0.15, 0.2) is 0 Å². The van der Waals surface area contributed by atoms with Gasteiger partial charge in [0.1, 0.15) is 11.6 Å². The van der Waals surface area contributed by atoms with E-state index in [-0.39, 0.29) is 23.7 Å². The highest BCUT2D eigenvalue weighted by atomic mass is 19.1. The molecule has 0 unspecified atom stereocenters. The number of halogens is 1. The first-order valence-electron chi connectivity index (χ1n) is 12.1. The van der Waals surface area contributed by atoms with Crippen LogP contribution in [0.4, 0.5) is 15.9 Å². The van der Waals surface area contributed by atoms with Crippen molar-refractivity contribution in [2.45, 2.75) is 13.0 Å². The van der Waals surface area contributed by atoms with E-state index in [1.165, 1.54) is 12.1 Å². The van der Waals surface area contributed by atoms with Crippen molar-refractivity contribution in [1.29, 1.82) is 0 Å². The van der Waals surface area contributed by atoms with E-state index in [1.807, 2.05) is 37.3 Å². The van der Waals surface area contributed by atoms with Gasteiger partial charge in [-0.2, -0.15) is 0 Å². The minimum atomic E-state index is -0.324. The standard InChI is InChI=1S/C29H25FN6O2/c1-18(20-7-9-21(30)10-8-20)35-28(37)24-5-3-13-33-27(24)32-12-2-4-19-6-11-23-25(15-22-16-31-17-34-22)29(38)36-26(23)14-19/h2-11,13-18H,12H2,1H3,(H,31,34)(H,32,33)(H,35,37)(H,36,38)/b4-2+,25-15-/t18-/m0/s1. The number of amides is 2. The van der Waals surface area contributed by atoms with E-state index < -0.39 is 0 Å². The molecule has 0 spiro atoms. The third-order valence-electron chi connectivity index (χ3n) is 6.11. The molecule has 0 aliphatic carbocycles. The van der Waals surface area contributed by atoms with Crippen LogP contribution in [0, 0.1) is 5.82 Å². The van der Waals surface area contributed by atoms with Gasteiger partial charge in [-0.15, -0.1) is 0 Å². The molecule has 1 atom stereocenters. The zero-order valence-corrected chi connectivity index (χ0v) is 20.5. The highest BCUT2D eigenvalue weighted by Gasteiger charge is 2.24. The van der Waals surface area contributed by atoms with Gasteiger partial charge < -0.3 is 20.9 Å². The zero-order valence-electron chi connectivity index (χ0n) is 20.5. The Morgan fingerprint density at radius 2 is 2.00 bits per heavy atom. The van der Waals surface area contributed by atoms with Crippen molar-refractivity contribution < 1.29 is 14.0 Å². The van der Waals surface area contributed by atoms with E-state index in [4.69, 9.17) is 0 Å². The first-order valence-corrected chi connectivity index (χ1v) is 12.1. The summed E-state index contributed by atoms with van der Waals surface area (Å²) < 4.78 is 13.2. The summed E-state index contributed by atoms with van der Waals surface area (Å²) in [6.45, 7) is 2.27. The van der Waals surface area contributed by atoms with Crippen LogP contribution in [0.25, 0.3) is 17.7 Å². The maximum Gasteiger partial charge on any atom is 0.256 e. The molecule has 4 aromatic rings. The fourth-order valence-electron chi connectivity index (χ4n) is 4.15. The van der Waals surface area contributed by atoms with Crippen molar-refractivity contribution >= 4 is 41.0 Å². The molecule has 2 amide bonds. The van der Waals surface area contributed by atoms with Crippen molar-refractivity contribution in [3.05, 3.63) is 113 Å². The monoisotopic (exact) mass is 508 g/mol. The second-order valence-electron chi connectivity index (χ2n) is 8.75. The molecule has 1 aliphatic rings. The summed E-state index contributed by atoms with van der Waals surface area (Å²) >= 11 is 0. The second-order valence-corrected chi connectivity index (χ2v) is 8.75. The molecule has 0 radical (unpaired) electrons. The molecular weight excluding hydrogens is 483 g/mol. The summed E-state index contributed by atoms with van der Waals surface area (Å²) in [6.07, 6.45) is 10.5. The number of hydrogen-bond acceptors (Lipinski definition) is 5. The minimum Gasteiger partial charge on any atom is -0.366 e. The lowest BCUT2D eigenvalue weighted by Crippen LogP contribution is -2.27. The third kappa shape index (κ3) is 5.52. The molecule has 3 heterocycles. The fourth-order valence-corrected chi connectivity index (χ4v) is 4.15. The van der Waals surface area contributed by atoms with Crippen LogP contribution in [-0.4, -0.2) is 33.3 Å². The number of H-pyrrole nitrogens is 1. The number of rotatable bonds is 8. The van der Waals surface area contributed by atoms with Crippen molar-refractivity contribution in [3.8, 4) is 0 Å². The average molecular weight is 509 g/mol. The van der Waals surface area contributed by atoms with Gasteiger partial charge in [-0.1, -0.05) is 36.4 Å². The SMILES string of the molecule is C[C@H](NC(=O)c1cccnc1NC/C=C/c1ccc2c(c1)NC(=O)/C2=C\c1cnc[nH]1)c1ccc(F)cc1. The Morgan fingerprint density at radius 3 is 2.79 bits per heavy atom. The van der Waals surface area contributed by atoms with E-state index >= 15 is 0 Å². The molecule has 1 aliphatic heterocycles.